The van der Waals surface area contributed by atoms with E-state index < -0.39 is 0 Å². The summed E-state index contributed by atoms with van der Waals surface area (Å²) >= 11 is 0. The lowest BCUT2D eigenvalue weighted by molar-refractivity contribution is -0.135. The molecule has 6 heteroatoms. The molecule has 0 bridgehead atoms. The minimum atomic E-state index is 0.187. The van der Waals surface area contributed by atoms with Gasteiger partial charge >= 0.3 is 0 Å². The fraction of sp³-hybridized carbons (Fsp3) is 0.385. The standard InChI is InChI=1S/C26H32N4O2/c1-3-21-8-10-22(11-9-21)26-23(19-30(28-26)24-7-5-4-6-20(24)2)18-27-13-12-25(31)29-14-16-32-17-15-29/h4-11,19,27H,3,12-18H2,1-2H3. The molecule has 1 N–H and O–H groups in total. The second-order valence-electron chi connectivity index (χ2n) is 8.20. The van der Waals surface area contributed by atoms with E-state index in [1.165, 1.54) is 11.1 Å². The predicted octanol–water partition coefficient (Wildman–Crippen LogP) is 3.75. The van der Waals surface area contributed by atoms with Crippen LogP contribution in [0.1, 0.15) is 30.0 Å². The maximum absolute atomic E-state index is 12.4. The SMILES string of the molecule is CCc1ccc(-c2nn(-c3ccccc3C)cc2CNCCC(=O)N2CCOCC2)cc1. The molecule has 1 amide bonds. The number of nitrogens with zero attached hydrogens (tertiary/aromatic N) is 3. The van der Waals surface area contributed by atoms with Crippen LogP contribution in [0.4, 0.5) is 0 Å². The zero-order valence-electron chi connectivity index (χ0n) is 19.0. The summed E-state index contributed by atoms with van der Waals surface area (Å²) in [7, 11) is 0. The lowest BCUT2D eigenvalue weighted by Crippen LogP contribution is -2.41. The molecule has 0 unspecified atom stereocenters. The number of hydrogen-bond donors (Lipinski definition) is 1. The Morgan fingerprint density at radius 3 is 2.56 bits per heavy atom. The first-order valence-electron chi connectivity index (χ1n) is 11.5. The van der Waals surface area contributed by atoms with Gasteiger partial charge in [-0.05, 0) is 30.5 Å². The van der Waals surface area contributed by atoms with E-state index in [-0.39, 0.29) is 5.91 Å². The van der Waals surface area contributed by atoms with Crippen LogP contribution in [-0.4, -0.2) is 53.4 Å². The van der Waals surface area contributed by atoms with Gasteiger partial charge in [0.25, 0.3) is 0 Å². The Hall–Kier alpha value is -2.96. The summed E-state index contributed by atoms with van der Waals surface area (Å²) < 4.78 is 7.30. The zero-order valence-corrected chi connectivity index (χ0v) is 19.0. The van der Waals surface area contributed by atoms with Crippen molar-refractivity contribution in [3.05, 3.63) is 71.4 Å². The highest BCUT2D eigenvalue weighted by atomic mass is 16.5. The number of morpholine rings is 1. The molecule has 1 fully saturated rings. The fourth-order valence-electron chi connectivity index (χ4n) is 4.01. The van der Waals surface area contributed by atoms with E-state index in [0.717, 1.165) is 28.9 Å². The van der Waals surface area contributed by atoms with Gasteiger partial charge in [0.2, 0.25) is 5.91 Å². The number of hydrogen-bond acceptors (Lipinski definition) is 4. The smallest absolute Gasteiger partial charge is 0.224 e. The number of para-hydroxylation sites is 1. The van der Waals surface area contributed by atoms with Crippen molar-refractivity contribution in [2.75, 3.05) is 32.8 Å². The molecule has 1 aliphatic rings. The van der Waals surface area contributed by atoms with E-state index in [1.54, 1.807) is 0 Å². The van der Waals surface area contributed by atoms with Crippen LogP contribution in [-0.2, 0) is 22.5 Å². The third-order valence-corrected chi connectivity index (χ3v) is 5.98. The second-order valence-corrected chi connectivity index (χ2v) is 8.20. The lowest BCUT2D eigenvalue weighted by Gasteiger charge is -2.26. The second kappa shape index (κ2) is 10.6. The molecule has 0 radical (unpaired) electrons. The molecule has 2 aromatic carbocycles. The van der Waals surface area contributed by atoms with Gasteiger partial charge < -0.3 is 15.0 Å². The van der Waals surface area contributed by atoms with Gasteiger partial charge in [0, 0.05) is 49.9 Å². The monoisotopic (exact) mass is 432 g/mol. The third-order valence-electron chi connectivity index (χ3n) is 5.98. The number of nitrogens with one attached hydrogen (secondary N) is 1. The predicted molar refractivity (Wildman–Crippen MR) is 127 cm³/mol. The van der Waals surface area contributed by atoms with Crippen molar-refractivity contribution in [3.8, 4) is 16.9 Å². The maximum Gasteiger partial charge on any atom is 0.224 e. The molecular formula is C26H32N4O2. The summed E-state index contributed by atoms with van der Waals surface area (Å²) in [5.41, 5.74) is 6.77. The van der Waals surface area contributed by atoms with Crippen molar-refractivity contribution in [2.24, 2.45) is 0 Å². The molecule has 0 saturated carbocycles. The number of aromatic nitrogens is 2. The van der Waals surface area contributed by atoms with Crippen molar-refractivity contribution in [2.45, 2.75) is 33.2 Å². The number of carbonyl (C=O) groups excluding carboxylic acids is 1. The first-order valence-corrected chi connectivity index (χ1v) is 11.5. The summed E-state index contributed by atoms with van der Waals surface area (Å²) in [5, 5.41) is 8.39. The zero-order chi connectivity index (χ0) is 22.3. The Labute approximate surface area is 190 Å². The molecule has 32 heavy (non-hydrogen) atoms. The van der Waals surface area contributed by atoms with E-state index in [4.69, 9.17) is 9.84 Å². The van der Waals surface area contributed by atoms with Gasteiger partial charge in [-0.2, -0.15) is 5.10 Å². The van der Waals surface area contributed by atoms with E-state index in [9.17, 15) is 4.79 Å². The number of carbonyl (C=O) groups is 1. The Morgan fingerprint density at radius 2 is 1.84 bits per heavy atom. The number of aryl methyl sites for hydroxylation is 2. The molecule has 1 aliphatic heterocycles. The van der Waals surface area contributed by atoms with Crippen LogP contribution in [0.5, 0.6) is 0 Å². The highest BCUT2D eigenvalue weighted by Crippen LogP contribution is 2.25. The van der Waals surface area contributed by atoms with Crippen LogP contribution < -0.4 is 5.32 Å². The lowest BCUT2D eigenvalue weighted by atomic mass is 10.0. The Morgan fingerprint density at radius 1 is 1.09 bits per heavy atom. The molecule has 1 saturated heterocycles. The van der Waals surface area contributed by atoms with E-state index in [1.807, 2.05) is 21.7 Å². The largest absolute Gasteiger partial charge is 0.378 e. The Kier molecular flexibility index (Phi) is 7.35. The van der Waals surface area contributed by atoms with Crippen LogP contribution in [0, 0.1) is 6.92 Å². The first-order chi connectivity index (χ1) is 15.7. The molecule has 2 heterocycles. The normalized spacial score (nSPS) is 14.0. The topological polar surface area (TPSA) is 59.4 Å². The van der Waals surface area contributed by atoms with Crippen LogP contribution in [0.3, 0.4) is 0 Å². The summed E-state index contributed by atoms with van der Waals surface area (Å²) in [6.07, 6.45) is 3.61. The van der Waals surface area contributed by atoms with Gasteiger partial charge in [-0.25, -0.2) is 4.68 Å². The third kappa shape index (κ3) is 5.26. The summed E-state index contributed by atoms with van der Waals surface area (Å²) in [6.45, 7) is 8.22. The van der Waals surface area contributed by atoms with E-state index in [0.29, 0.717) is 45.8 Å². The molecule has 3 aromatic rings. The van der Waals surface area contributed by atoms with Crippen molar-refractivity contribution in [1.29, 1.82) is 0 Å². The average molecular weight is 433 g/mol. The van der Waals surface area contributed by atoms with Gasteiger partial charge in [0.15, 0.2) is 0 Å². The molecule has 1 aromatic heterocycles. The highest BCUT2D eigenvalue weighted by Gasteiger charge is 2.17. The molecule has 4 rings (SSSR count). The number of ether oxygens (including phenoxy) is 1. The van der Waals surface area contributed by atoms with E-state index in [2.05, 4.69) is 61.8 Å². The van der Waals surface area contributed by atoms with Gasteiger partial charge in [-0.15, -0.1) is 0 Å². The van der Waals surface area contributed by atoms with Gasteiger partial charge in [0.05, 0.1) is 24.6 Å². The summed E-state index contributed by atoms with van der Waals surface area (Å²) in [5.74, 6) is 0.187. The van der Waals surface area contributed by atoms with Crippen molar-refractivity contribution in [3.63, 3.8) is 0 Å². The number of amides is 1. The van der Waals surface area contributed by atoms with Crippen LogP contribution >= 0.6 is 0 Å². The fourth-order valence-corrected chi connectivity index (χ4v) is 4.01. The van der Waals surface area contributed by atoms with E-state index >= 15 is 0 Å². The molecule has 0 aliphatic carbocycles. The van der Waals surface area contributed by atoms with Gasteiger partial charge in [0.1, 0.15) is 0 Å². The Balaban J connectivity index is 1.49. The van der Waals surface area contributed by atoms with Gasteiger partial charge in [-0.3, -0.25) is 4.79 Å². The average Bonchev–Trinajstić information content (AvgIpc) is 3.26. The number of benzene rings is 2. The Bertz CT molecular complexity index is 1040. The highest BCUT2D eigenvalue weighted by molar-refractivity contribution is 5.76. The summed E-state index contributed by atoms with van der Waals surface area (Å²) in [4.78, 5) is 14.3. The minimum Gasteiger partial charge on any atom is -0.378 e. The maximum atomic E-state index is 12.4. The van der Waals surface area contributed by atoms with Gasteiger partial charge in [-0.1, -0.05) is 49.4 Å². The van der Waals surface area contributed by atoms with Crippen LogP contribution in [0.25, 0.3) is 16.9 Å². The van der Waals surface area contributed by atoms with Crippen LogP contribution in [0.2, 0.25) is 0 Å². The quantitative estimate of drug-likeness (QED) is 0.551. The summed E-state index contributed by atoms with van der Waals surface area (Å²) in [6, 6.07) is 16.9. The minimum absolute atomic E-state index is 0.187. The van der Waals surface area contributed by atoms with Crippen molar-refractivity contribution < 1.29 is 9.53 Å². The van der Waals surface area contributed by atoms with Crippen molar-refractivity contribution >= 4 is 5.91 Å². The number of rotatable bonds is 8. The molecule has 0 atom stereocenters. The molecular weight excluding hydrogens is 400 g/mol. The van der Waals surface area contributed by atoms with Crippen molar-refractivity contribution in [1.82, 2.24) is 20.0 Å². The molecule has 168 valence electrons. The molecule has 0 spiro atoms. The first kappa shape index (κ1) is 22.2. The molecule has 6 nitrogen and oxygen atoms in total. The van der Waals surface area contributed by atoms with Crippen LogP contribution in [0.15, 0.2) is 54.7 Å².